The number of para-hydroxylation sites is 1. The summed E-state index contributed by atoms with van der Waals surface area (Å²) in [4.78, 5) is 24.6. The fourth-order valence-electron chi connectivity index (χ4n) is 3.82. The molecule has 0 aromatic heterocycles. The van der Waals surface area contributed by atoms with Crippen LogP contribution in [0.25, 0.3) is 0 Å². The minimum absolute atomic E-state index is 0.0311. The molecule has 0 saturated carbocycles. The third-order valence-electron chi connectivity index (χ3n) is 5.48. The Hall–Kier alpha value is -2.66. The van der Waals surface area contributed by atoms with E-state index in [1.807, 2.05) is 32.0 Å². The number of quaternary nitrogens is 1. The molecule has 5 heteroatoms. The Morgan fingerprint density at radius 1 is 0.903 bits per heavy atom. The van der Waals surface area contributed by atoms with Crippen LogP contribution in [-0.4, -0.2) is 24.9 Å². The van der Waals surface area contributed by atoms with E-state index in [0.29, 0.717) is 11.8 Å². The zero-order valence-electron chi connectivity index (χ0n) is 19.8. The molecule has 0 spiro atoms. The molecular formula is C26H38N3O2+. The van der Waals surface area contributed by atoms with Gasteiger partial charge in [-0.3, -0.25) is 9.59 Å². The lowest BCUT2D eigenvalue weighted by atomic mass is 9.94. The third kappa shape index (κ3) is 7.83. The van der Waals surface area contributed by atoms with Gasteiger partial charge in [0.1, 0.15) is 6.04 Å². The van der Waals surface area contributed by atoms with Gasteiger partial charge in [0.2, 0.25) is 5.91 Å². The highest BCUT2D eigenvalue weighted by Crippen LogP contribution is 2.20. The summed E-state index contributed by atoms with van der Waals surface area (Å²) in [7, 11) is 0. The smallest absolute Gasteiger partial charge is 0.275 e. The first-order chi connectivity index (χ1) is 14.7. The SMILES string of the molecule is Cc1cccc(C)c1NC(=O)CNC(=O)C[NH2+][C@@H](c1ccc(CC(C)C)cc1)C(C)C. The van der Waals surface area contributed by atoms with Crippen molar-refractivity contribution in [2.45, 2.75) is 54.0 Å². The topological polar surface area (TPSA) is 74.8 Å². The van der Waals surface area contributed by atoms with E-state index in [-0.39, 0.29) is 30.9 Å². The summed E-state index contributed by atoms with van der Waals surface area (Å²) in [6, 6.07) is 14.8. The quantitative estimate of drug-likeness (QED) is 0.546. The maximum absolute atomic E-state index is 12.3. The predicted molar refractivity (Wildman–Crippen MR) is 127 cm³/mol. The van der Waals surface area contributed by atoms with E-state index in [2.05, 4.69) is 67.9 Å². The first-order valence-corrected chi connectivity index (χ1v) is 11.2. The zero-order chi connectivity index (χ0) is 23.0. The molecular weight excluding hydrogens is 386 g/mol. The van der Waals surface area contributed by atoms with E-state index in [9.17, 15) is 9.59 Å². The van der Waals surface area contributed by atoms with E-state index >= 15 is 0 Å². The Kier molecular flexibility index (Phi) is 9.25. The number of hydrogen-bond donors (Lipinski definition) is 3. The van der Waals surface area contributed by atoms with Gasteiger partial charge in [-0.05, 0) is 42.9 Å². The van der Waals surface area contributed by atoms with Gasteiger partial charge < -0.3 is 16.0 Å². The van der Waals surface area contributed by atoms with Crippen molar-refractivity contribution in [2.24, 2.45) is 11.8 Å². The number of carbonyl (C=O) groups is 2. The summed E-state index contributed by atoms with van der Waals surface area (Å²) in [5.41, 5.74) is 5.39. The fraction of sp³-hybridized carbons (Fsp3) is 0.462. The number of carbonyl (C=O) groups excluding carboxylic acids is 2. The molecule has 1 atom stereocenters. The van der Waals surface area contributed by atoms with Gasteiger partial charge in [-0.25, -0.2) is 0 Å². The molecule has 0 aliphatic heterocycles. The van der Waals surface area contributed by atoms with Gasteiger partial charge in [0, 0.05) is 17.2 Å². The molecule has 5 nitrogen and oxygen atoms in total. The Bertz CT molecular complexity index is 852. The standard InChI is InChI=1S/C26H37N3O2/c1-17(2)14-21-10-12-22(13-11-21)25(18(3)4)28-15-23(30)27-16-24(31)29-26-19(5)8-7-9-20(26)6/h7-13,17-18,25,28H,14-16H2,1-6H3,(H,27,30)(H,29,31)/p+1/t25-/m1/s1. The van der Waals surface area contributed by atoms with E-state index < -0.39 is 0 Å². The number of aryl methyl sites for hydroxylation is 2. The number of anilines is 1. The summed E-state index contributed by atoms with van der Waals surface area (Å²) in [6.07, 6.45) is 1.07. The maximum Gasteiger partial charge on any atom is 0.275 e. The molecule has 0 saturated heterocycles. The van der Waals surface area contributed by atoms with Crippen LogP contribution in [0.4, 0.5) is 5.69 Å². The van der Waals surface area contributed by atoms with Crippen LogP contribution in [0.5, 0.6) is 0 Å². The van der Waals surface area contributed by atoms with Crippen molar-refractivity contribution in [3.8, 4) is 0 Å². The van der Waals surface area contributed by atoms with Crippen molar-refractivity contribution in [1.29, 1.82) is 0 Å². The number of nitrogens with one attached hydrogen (secondary N) is 2. The molecule has 0 bridgehead atoms. The molecule has 168 valence electrons. The minimum atomic E-state index is -0.216. The lowest BCUT2D eigenvalue weighted by Gasteiger charge is -2.20. The number of nitrogens with two attached hydrogens (primary N) is 1. The third-order valence-corrected chi connectivity index (χ3v) is 5.48. The largest absolute Gasteiger partial charge is 0.342 e. The number of amides is 2. The van der Waals surface area contributed by atoms with Gasteiger partial charge in [-0.2, -0.15) is 0 Å². The molecule has 0 aliphatic carbocycles. The fourth-order valence-corrected chi connectivity index (χ4v) is 3.82. The molecule has 2 rings (SSSR count). The van der Waals surface area contributed by atoms with Crippen LogP contribution in [0.1, 0.15) is 56.0 Å². The van der Waals surface area contributed by atoms with Gasteiger partial charge >= 0.3 is 0 Å². The summed E-state index contributed by atoms with van der Waals surface area (Å²) < 4.78 is 0. The first kappa shape index (κ1) is 24.6. The molecule has 0 fully saturated rings. The summed E-state index contributed by atoms with van der Waals surface area (Å²) in [5.74, 6) is 0.663. The van der Waals surface area contributed by atoms with Gasteiger partial charge in [-0.15, -0.1) is 0 Å². The van der Waals surface area contributed by atoms with Crippen molar-refractivity contribution < 1.29 is 14.9 Å². The lowest BCUT2D eigenvalue weighted by Crippen LogP contribution is -2.88. The summed E-state index contributed by atoms with van der Waals surface area (Å²) in [5, 5.41) is 7.69. The summed E-state index contributed by atoms with van der Waals surface area (Å²) >= 11 is 0. The van der Waals surface area contributed by atoms with E-state index in [0.717, 1.165) is 23.2 Å². The Morgan fingerprint density at radius 3 is 2.06 bits per heavy atom. The molecule has 2 aromatic carbocycles. The average molecular weight is 425 g/mol. The number of hydrogen-bond acceptors (Lipinski definition) is 2. The molecule has 0 unspecified atom stereocenters. The highest BCUT2D eigenvalue weighted by Gasteiger charge is 2.21. The van der Waals surface area contributed by atoms with Gasteiger partial charge in [-0.1, -0.05) is 70.2 Å². The van der Waals surface area contributed by atoms with Crippen LogP contribution in [0.3, 0.4) is 0 Å². The lowest BCUT2D eigenvalue weighted by molar-refractivity contribution is -0.692. The highest BCUT2D eigenvalue weighted by atomic mass is 16.2. The Labute approximate surface area is 187 Å². The molecule has 2 amide bonds. The van der Waals surface area contributed by atoms with Gasteiger partial charge in [0.05, 0.1) is 6.54 Å². The highest BCUT2D eigenvalue weighted by molar-refractivity contribution is 5.95. The molecule has 0 radical (unpaired) electrons. The number of rotatable bonds is 10. The molecule has 2 aromatic rings. The molecule has 31 heavy (non-hydrogen) atoms. The van der Waals surface area contributed by atoms with Crippen LogP contribution in [0.15, 0.2) is 42.5 Å². The predicted octanol–water partition coefficient (Wildman–Crippen LogP) is 3.52. The average Bonchev–Trinajstić information content (AvgIpc) is 2.70. The van der Waals surface area contributed by atoms with Crippen LogP contribution < -0.4 is 16.0 Å². The normalized spacial score (nSPS) is 12.1. The number of benzene rings is 2. The van der Waals surface area contributed by atoms with Crippen LogP contribution in [0.2, 0.25) is 0 Å². The minimum Gasteiger partial charge on any atom is -0.342 e. The monoisotopic (exact) mass is 424 g/mol. The van der Waals surface area contributed by atoms with Gasteiger partial charge in [0.25, 0.3) is 5.91 Å². The van der Waals surface area contributed by atoms with Crippen LogP contribution in [-0.2, 0) is 16.0 Å². The summed E-state index contributed by atoms with van der Waals surface area (Å²) in [6.45, 7) is 12.9. The zero-order valence-corrected chi connectivity index (χ0v) is 19.8. The molecule has 0 heterocycles. The second-order valence-corrected chi connectivity index (χ2v) is 9.14. The van der Waals surface area contributed by atoms with Crippen molar-refractivity contribution in [3.63, 3.8) is 0 Å². The Morgan fingerprint density at radius 2 is 1.52 bits per heavy atom. The van der Waals surface area contributed by atoms with Crippen molar-refractivity contribution in [1.82, 2.24) is 5.32 Å². The second kappa shape index (κ2) is 11.7. The van der Waals surface area contributed by atoms with E-state index in [1.54, 1.807) is 0 Å². The Balaban J connectivity index is 1.85. The van der Waals surface area contributed by atoms with Crippen molar-refractivity contribution >= 4 is 17.5 Å². The van der Waals surface area contributed by atoms with Crippen LogP contribution >= 0.6 is 0 Å². The first-order valence-electron chi connectivity index (χ1n) is 11.2. The van der Waals surface area contributed by atoms with Gasteiger partial charge in [0.15, 0.2) is 6.54 Å². The molecule has 0 aliphatic rings. The molecule has 4 N–H and O–H groups in total. The van der Waals surface area contributed by atoms with Crippen LogP contribution in [0, 0.1) is 25.7 Å². The van der Waals surface area contributed by atoms with Crippen molar-refractivity contribution in [3.05, 3.63) is 64.7 Å². The second-order valence-electron chi connectivity index (χ2n) is 9.14. The van der Waals surface area contributed by atoms with E-state index in [4.69, 9.17) is 0 Å². The van der Waals surface area contributed by atoms with E-state index in [1.165, 1.54) is 11.1 Å². The van der Waals surface area contributed by atoms with Crippen molar-refractivity contribution in [2.75, 3.05) is 18.4 Å². The maximum atomic E-state index is 12.3.